The zero-order chi connectivity index (χ0) is 12.5. The molecular formula is C14H18BrNO2. The van der Waals surface area contributed by atoms with E-state index in [1.807, 2.05) is 0 Å². The molecule has 1 fully saturated rings. The van der Waals surface area contributed by atoms with Crippen LogP contribution in [0.1, 0.15) is 24.0 Å². The van der Waals surface area contributed by atoms with Gasteiger partial charge in [-0.1, -0.05) is 15.9 Å². The van der Waals surface area contributed by atoms with Gasteiger partial charge in [0.1, 0.15) is 5.75 Å². The number of halogens is 1. The molecule has 3 nitrogen and oxygen atoms in total. The summed E-state index contributed by atoms with van der Waals surface area (Å²) in [5, 5.41) is 13.4. The molecule has 3 rings (SSSR count). The number of hydrogen-bond acceptors (Lipinski definition) is 3. The number of aliphatic hydroxyl groups excluding tert-OH is 1. The lowest BCUT2D eigenvalue weighted by molar-refractivity contribution is 0.170. The van der Waals surface area contributed by atoms with Crippen LogP contribution in [0.5, 0.6) is 5.75 Å². The average molecular weight is 312 g/mol. The van der Waals surface area contributed by atoms with Gasteiger partial charge in [-0.05, 0) is 36.1 Å². The Hall–Kier alpha value is -0.580. The highest BCUT2D eigenvalue weighted by Gasteiger charge is 2.23. The van der Waals surface area contributed by atoms with Gasteiger partial charge >= 0.3 is 0 Å². The molecule has 0 spiro atoms. The van der Waals surface area contributed by atoms with Crippen LogP contribution in [0.2, 0.25) is 0 Å². The van der Waals surface area contributed by atoms with Crippen LogP contribution in [0.25, 0.3) is 0 Å². The summed E-state index contributed by atoms with van der Waals surface area (Å²) in [4.78, 5) is 0. The molecule has 1 unspecified atom stereocenters. The Kier molecular flexibility index (Phi) is 3.59. The highest BCUT2D eigenvalue weighted by atomic mass is 79.9. The Morgan fingerprint density at radius 2 is 2.28 bits per heavy atom. The number of nitrogens with one attached hydrogen (secondary N) is 1. The standard InChI is InChI=1S/C14H18BrNO2/c15-11-5-9-3-4-18-14(9)10(6-11)7-13(17)8-16-12-1-2-12/h5-6,12-13,16-17H,1-4,7-8H2. The molecule has 1 atom stereocenters. The van der Waals surface area contributed by atoms with Crippen molar-refractivity contribution >= 4 is 15.9 Å². The van der Waals surface area contributed by atoms with Gasteiger partial charge in [0.05, 0.1) is 12.7 Å². The smallest absolute Gasteiger partial charge is 0.125 e. The van der Waals surface area contributed by atoms with Crippen molar-refractivity contribution in [3.8, 4) is 5.75 Å². The third-order valence-electron chi connectivity index (χ3n) is 3.50. The quantitative estimate of drug-likeness (QED) is 0.874. The Labute approximate surface area is 116 Å². The van der Waals surface area contributed by atoms with Gasteiger partial charge in [-0.3, -0.25) is 0 Å². The van der Waals surface area contributed by atoms with Gasteiger partial charge in [0.15, 0.2) is 0 Å². The molecule has 0 bridgehead atoms. The highest BCUT2D eigenvalue weighted by molar-refractivity contribution is 9.10. The Morgan fingerprint density at radius 3 is 3.06 bits per heavy atom. The molecule has 0 radical (unpaired) electrons. The van der Waals surface area contributed by atoms with Crippen LogP contribution in [0, 0.1) is 0 Å². The van der Waals surface area contributed by atoms with Crippen molar-refractivity contribution in [3.05, 3.63) is 27.7 Å². The maximum atomic E-state index is 10.1. The summed E-state index contributed by atoms with van der Waals surface area (Å²) < 4.78 is 6.74. The van der Waals surface area contributed by atoms with Crippen LogP contribution >= 0.6 is 15.9 Å². The molecule has 0 amide bonds. The van der Waals surface area contributed by atoms with Crippen LogP contribution in [-0.4, -0.2) is 30.4 Å². The van der Waals surface area contributed by atoms with E-state index in [2.05, 4.69) is 33.4 Å². The molecule has 0 saturated heterocycles. The van der Waals surface area contributed by atoms with Crippen molar-refractivity contribution in [1.29, 1.82) is 0 Å². The first kappa shape index (κ1) is 12.5. The largest absolute Gasteiger partial charge is 0.493 e. The van der Waals surface area contributed by atoms with Crippen LogP contribution in [0.4, 0.5) is 0 Å². The molecule has 0 aromatic heterocycles. The second-order valence-electron chi connectivity index (χ2n) is 5.19. The normalized spacial score (nSPS) is 19.4. The summed E-state index contributed by atoms with van der Waals surface area (Å²) in [5.74, 6) is 0.990. The summed E-state index contributed by atoms with van der Waals surface area (Å²) in [5.41, 5.74) is 2.36. The monoisotopic (exact) mass is 311 g/mol. The zero-order valence-electron chi connectivity index (χ0n) is 10.3. The van der Waals surface area contributed by atoms with Gasteiger partial charge in [0.25, 0.3) is 0 Å². The number of ether oxygens (including phenoxy) is 1. The fourth-order valence-electron chi connectivity index (χ4n) is 2.41. The third kappa shape index (κ3) is 2.87. The van der Waals surface area contributed by atoms with E-state index in [-0.39, 0.29) is 6.10 Å². The number of benzene rings is 1. The first-order valence-corrected chi connectivity index (χ1v) is 7.37. The molecule has 1 aromatic rings. The molecule has 1 saturated carbocycles. The van der Waals surface area contributed by atoms with E-state index in [1.54, 1.807) is 0 Å². The minimum absolute atomic E-state index is 0.340. The number of rotatable bonds is 5. The number of aliphatic hydroxyl groups is 1. The SMILES string of the molecule is OC(CNC1CC1)Cc1cc(Br)cc2c1OCC2. The number of fused-ring (bicyclic) bond motifs is 1. The van der Waals surface area contributed by atoms with Crippen molar-refractivity contribution in [2.75, 3.05) is 13.2 Å². The summed E-state index contributed by atoms with van der Waals surface area (Å²) in [6.45, 7) is 1.43. The third-order valence-corrected chi connectivity index (χ3v) is 3.96. The minimum atomic E-state index is -0.340. The maximum Gasteiger partial charge on any atom is 0.125 e. The highest BCUT2D eigenvalue weighted by Crippen LogP contribution is 2.33. The Bertz CT molecular complexity index is 446. The second-order valence-corrected chi connectivity index (χ2v) is 6.11. The van der Waals surface area contributed by atoms with Gasteiger partial charge in [-0.2, -0.15) is 0 Å². The van der Waals surface area contributed by atoms with Crippen molar-refractivity contribution < 1.29 is 9.84 Å². The summed E-state index contributed by atoms with van der Waals surface area (Å²) in [6.07, 6.45) is 3.79. The summed E-state index contributed by atoms with van der Waals surface area (Å²) in [7, 11) is 0. The predicted molar refractivity (Wildman–Crippen MR) is 74.1 cm³/mol. The molecule has 1 aromatic carbocycles. The van der Waals surface area contributed by atoms with Gasteiger partial charge in [-0.25, -0.2) is 0 Å². The fraction of sp³-hybridized carbons (Fsp3) is 0.571. The number of hydrogen-bond donors (Lipinski definition) is 2. The lowest BCUT2D eigenvalue weighted by Gasteiger charge is -2.14. The van der Waals surface area contributed by atoms with Crippen LogP contribution < -0.4 is 10.1 Å². The maximum absolute atomic E-state index is 10.1. The Morgan fingerprint density at radius 1 is 1.44 bits per heavy atom. The molecule has 1 heterocycles. The van der Waals surface area contributed by atoms with E-state index in [9.17, 15) is 5.11 Å². The summed E-state index contributed by atoms with van der Waals surface area (Å²) in [6, 6.07) is 4.81. The topological polar surface area (TPSA) is 41.5 Å². The molecule has 18 heavy (non-hydrogen) atoms. The van der Waals surface area contributed by atoms with Crippen LogP contribution in [-0.2, 0) is 12.8 Å². The lowest BCUT2D eigenvalue weighted by atomic mass is 10.0. The van der Waals surface area contributed by atoms with Gasteiger partial charge in [-0.15, -0.1) is 0 Å². The average Bonchev–Trinajstić information content (AvgIpc) is 3.04. The lowest BCUT2D eigenvalue weighted by Crippen LogP contribution is -2.29. The zero-order valence-corrected chi connectivity index (χ0v) is 11.9. The van der Waals surface area contributed by atoms with Crippen LogP contribution in [0.15, 0.2) is 16.6 Å². The molecule has 1 aliphatic heterocycles. The van der Waals surface area contributed by atoms with E-state index < -0.39 is 0 Å². The first-order valence-electron chi connectivity index (χ1n) is 6.58. The molecule has 4 heteroatoms. The van der Waals surface area contributed by atoms with Gasteiger partial charge in [0.2, 0.25) is 0 Å². The van der Waals surface area contributed by atoms with E-state index >= 15 is 0 Å². The fourth-order valence-corrected chi connectivity index (χ4v) is 2.97. The predicted octanol–water partition coefficient (Wildman–Crippen LogP) is 2.04. The van der Waals surface area contributed by atoms with E-state index in [4.69, 9.17) is 4.74 Å². The molecule has 98 valence electrons. The van der Waals surface area contributed by atoms with Crippen molar-refractivity contribution in [2.45, 2.75) is 37.8 Å². The van der Waals surface area contributed by atoms with Crippen LogP contribution in [0.3, 0.4) is 0 Å². The molecule has 2 N–H and O–H groups in total. The van der Waals surface area contributed by atoms with E-state index in [0.29, 0.717) is 19.0 Å². The summed E-state index contributed by atoms with van der Waals surface area (Å²) >= 11 is 3.53. The van der Waals surface area contributed by atoms with E-state index in [0.717, 1.165) is 28.8 Å². The van der Waals surface area contributed by atoms with Crippen molar-refractivity contribution in [2.24, 2.45) is 0 Å². The van der Waals surface area contributed by atoms with Gasteiger partial charge < -0.3 is 15.2 Å². The molecule has 2 aliphatic rings. The minimum Gasteiger partial charge on any atom is -0.493 e. The first-order chi connectivity index (χ1) is 8.72. The van der Waals surface area contributed by atoms with Crippen molar-refractivity contribution in [1.82, 2.24) is 5.32 Å². The molecular weight excluding hydrogens is 294 g/mol. The Balaban J connectivity index is 1.67. The van der Waals surface area contributed by atoms with Gasteiger partial charge in [0, 0.05) is 29.9 Å². The van der Waals surface area contributed by atoms with Crippen molar-refractivity contribution in [3.63, 3.8) is 0 Å². The second kappa shape index (κ2) is 5.19. The molecule has 1 aliphatic carbocycles. The van der Waals surface area contributed by atoms with E-state index in [1.165, 1.54) is 18.4 Å².